The van der Waals surface area contributed by atoms with Gasteiger partial charge in [0.25, 0.3) is 0 Å². The van der Waals surface area contributed by atoms with E-state index in [9.17, 15) is 4.79 Å². The highest BCUT2D eigenvalue weighted by Crippen LogP contribution is 2.34. The molecule has 0 radical (unpaired) electrons. The molecule has 1 unspecified atom stereocenters. The summed E-state index contributed by atoms with van der Waals surface area (Å²) in [5.74, 6) is 1.59. The summed E-state index contributed by atoms with van der Waals surface area (Å²) >= 11 is 0. The Morgan fingerprint density at radius 3 is 3.00 bits per heavy atom. The number of hydrogen-bond acceptors (Lipinski definition) is 6. The first-order valence-corrected chi connectivity index (χ1v) is 6.34. The summed E-state index contributed by atoms with van der Waals surface area (Å²) in [4.78, 5) is 21.7. The molecule has 1 aliphatic rings. The first-order valence-electron chi connectivity index (χ1n) is 6.34. The van der Waals surface area contributed by atoms with E-state index in [4.69, 9.17) is 10.5 Å². The normalized spacial score (nSPS) is 18.4. The van der Waals surface area contributed by atoms with Gasteiger partial charge in [-0.05, 0) is 13.3 Å². The molecule has 0 aromatic carbocycles. The van der Waals surface area contributed by atoms with Gasteiger partial charge < -0.3 is 20.7 Å². The molecule has 1 amide bonds. The lowest BCUT2D eigenvalue weighted by Crippen LogP contribution is -2.28. The average molecular weight is 265 g/mol. The van der Waals surface area contributed by atoms with Gasteiger partial charge in [0.05, 0.1) is 13.0 Å². The molecule has 0 bridgehead atoms. The van der Waals surface area contributed by atoms with E-state index < -0.39 is 0 Å². The Bertz CT molecular complexity index is 465. The smallest absolute Gasteiger partial charge is 0.222 e. The fourth-order valence-corrected chi connectivity index (χ4v) is 2.26. The average Bonchev–Trinajstić information content (AvgIpc) is 2.88. The van der Waals surface area contributed by atoms with Gasteiger partial charge in [0, 0.05) is 19.6 Å². The molecule has 0 spiro atoms. The van der Waals surface area contributed by atoms with Gasteiger partial charge in [0.2, 0.25) is 11.7 Å². The fourth-order valence-electron chi connectivity index (χ4n) is 2.26. The minimum atomic E-state index is -0.262. The summed E-state index contributed by atoms with van der Waals surface area (Å²) in [5, 5.41) is 3.13. The fraction of sp³-hybridized carbons (Fsp3) is 0.583. The van der Waals surface area contributed by atoms with Crippen LogP contribution in [0.3, 0.4) is 0 Å². The zero-order valence-electron chi connectivity index (χ0n) is 11.2. The maximum Gasteiger partial charge on any atom is 0.222 e. The maximum atomic E-state index is 11.2. The first kappa shape index (κ1) is 13.4. The van der Waals surface area contributed by atoms with Gasteiger partial charge in [0.15, 0.2) is 11.6 Å². The lowest BCUT2D eigenvalue weighted by molar-refractivity contribution is -0.121. The molecule has 1 saturated heterocycles. The van der Waals surface area contributed by atoms with Gasteiger partial charge in [-0.2, -0.15) is 0 Å². The van der Waals surface area contributed by atoms with Crippen LogP contribution in [-0.2, 0) is 4.79 Å². The van der Waals surface area contributed by atoms with Crippen LogP contribution in [0.4, 0.5) is 11.6 Å². The van der Waals surface area contributed by atoms with Crippen molar-refractivity contribution >= 4 is 17.5 Å². The number of anilines is 2. The van der Waals surface area contributed by atoms with Crippen molar-refractivity contribution in [2.45, 2.75) is 13.3 Å². The van der Waals surface area contributed by atoms with Gasteiger partial charge in [-0.1, -0.05) is 0 Å². The van der Waals surface area contributed by atoms with Gasteiger partial charge in [-0.25, -0.2) is 9.97 Å². The number of amides is 1. The van der Waals surface area contributed by atoms with E-state index in [1.165, 1.54) is 6.33 Å². The molecule has 2 heterocycles. The van der Waals surface area contributed by atoms with Crippen LogP contribution in [0.15, 0.2) is 6.33 Å². The Morgan fingerprint density at radius 1 is 1.63 bits per heavy atom. The topological polar surface area (TPSA) is 93.4 Å². The summed E-state index contributed by atoms with van der Waals surface area (Å²) in [6.07, 6.45) is 2.24. The highest BCUT2D eigenvalue weighted by Gasteiger charge is 2.29. The molecule has 1 atom stereocenters. The maximum absolute atomic E-state index is 11.2. The van der Waals surface area contributed by atoms with E-state index >= 15 is 0 Å². The molecule has 19 heavy (non-hydrogen) atoms. The third kappa shape index (κ3) is 2.69. The van der Waals surface area contributed by atoms with Crippen LogP contribution in [0.1, 0.15) is 13.3 Å². The Balaban J connectivity index is 2.25. The van der Waals surface area contributed by atoms with Crippen molar-refractivity contribution in [3.63, 3.8) is 0 Å². The Labute approximate surface area is 112 Å². The summed E-state index contributed by atoms with van der Waals surface area (Å²) in [5.41, 5.74) is 5.34. The molecule has 7 nitrogen and oxygen atoms in total. The predicted octanol–water partition coefficient (Wildman–Crippen LogP) is 0.229. The van der Waals surface area contributed by atoms with E-state index in [2.05, 4.69) is 15.3 Å². The number of carbonyl (C=O) groups excluding carboxylic acids is 1. The number of rotatable bonds is 5. The molecule has 1 aliphatic heterocycles. The lowest BCUT2D eigenvalue weighted by atomic mass is 10.1. The van der Waals surface area contributed by atoms with Crippen molar-refractivity contribution < 1.29 is 9.53 Å². The van der Waals surface area contributed by atoms with Crippen LogP contribution in [0.2, 0.25) is 0 Å². The molecule has 1 aromatic heterocycles. The monoisotopic (exact) mass is 265 g/mol. The minimum absolute atomic E-state index is 0.123. The number of nitrogens with two attached hydrogens (primary N) is 1. The van der Waals surface area contributed by atoms with Crippen LogP contribution in [-0.4, -0.2) is 42.6 Å². The number of aromatic nitrogens is 2. The standard InChI is InChI=1S/C12H19N5O2/c1-3-14-11-9(19-2)12(16-7-15-11)17-5-4-8(6-17)10(13)18/h7-8H,3-6H2,1-2H3,(H2,13,18)(H,14,15,16). The van der Waals surface area contributed by atoms with Crippen LogP contribution in [0.25, 0.3) is 0 Å². The molecule has 7 heteroatoms. The SMILES string of the molecule is CCNc1ncnc(N2CCC(C(N)=O)C2)c1OC. The van der Waals surface area contributed by atoms with Gasteiger partial charge in [-0.3, -0.25) is 4.79 Å². The number of hydrogen-bond donors (Lipinski definition) is 2. The third-order valence-corrected chi connectivity index (χ3v) is 3.22. The Morgan fingerprint density at radius 2 is 2.42 bits per heavy atom. The highest BCUT2D eigenvalue weighted by atomic mass is 16.5. The van der Waals surface area contributed by atoms with Gasteiger partial charge >= 0.3 is 0 Å². The Kier molecular flexibility index (Phi) is 4.03. The van der Waals surface area contributed by atoms with E-state index in [0.29, 0.717) is 23.9 Å². The predicted molar refractivity (Wildman–Crippen MR) is 72.3 cm³/mol. The van der Waals surface area contributed by atoms with Crippen molar-refractivity contribution in [1.82, 2.24) is 9.97 Å². The number of primary amides is 1. The van der Waals surface area contributed by atoms with Gasteiger partial charge in [0.1, 0.15) is 6.33 Å². The molecule has 1 fully saturated rings. The van der Waals surface area contributed by atoms with E-state index in [0.717, 1.165) is 19.5 Å². The summed E-state index contributed by atoms with van der Waals surface area (Å²) in [7, 11) is 1.59. The zero-order chi connectivity index (χ0) is 13.8. The summed E-state index contributed by atoms with van der Waals surface area (Å²) < 4.78 is 5.39. The number of methoxy groups -OCH3 is 1. The van der Waals surface area contributed by atoms with Crippen LogP contribution < -0.4 is 20.7 Å². The van der Waals surface area contributed by atoms with Crippen LogP contribution in [0.5, 0.6) is 5.75 Å². The van der Waals surface area contributed by atoms with Gasteiger partial charge in [-0.15, -0.1) is 0 Å². The molecule has 0 aliphatic carbocycles. The lowest BCUT2D eigenvalue weighted by Gasteiger charge is -2.20. The quantitative estimate of drug-likeness (QED) is 0.791. The third-order valence-electron chi connectivity index (χ3n) is 3.22. The zero-order valence-corrected chi connectivity index (χ0v) is 11.2. The van der Waals surface area contributed by atoms with Crippen LogP contribution in [0, 0.1) is 5.92 Å². The van der Waals surface area contributed by atoms with Crippen molar-refractivity contribution in [1.29, 1.82) is 0 Å². The molecule has 1 aromatic rings. The summed E-state index contributed by atoms with van der Waals surface area (Å²) in [6.45, 7) is 4.05. The van der Waals surface area contributed by atoms with Crippen molar-refractivity contribution in [3.8, 4) is 5.75 Å². The van der Waals surface area contributed by atoms with Crippen molar-refractivity contribution in [3.05, 3.63) is 6.33 Å². The minimum Gasteiger partial charge on any atom is -0.490 e. The number of nitrogens with zero attached hydrogens (tertiary/aromatic N) is 3. The Hall–Kier alpha value is -2.05. The van der Waals surface area contributed by atoms with Crippen molar-refractivity contribution in [2.24, 2.45) is 11.7 Å². The second-order valence-corrected chi connectivity index (χ2v) is 4.44. The first-order chi connectivity index (χ1) is 9.17. The largest absolute Gasteiger partial charge is 0.490 e. The van der Waals surface area contributed by atoms with E-state index in [1.807, 2.05) is 11.8 Å². The van der Waals surface area contributed by atoms with E-state index in [1.54, 1.807) is 7.11 Å². The highest BCUT2D eigenvalue weighted by molar-refractivity contribution is 5.78. The molecule has 0 saturated carbocycles. The van der Waals surface area contributed by atoms with Crippen LogP contribution >= 0.6 is 0 Å². The molecule has 104 valence electrons. The molecule has 3 N–H and O–H groups in total. The summed E-state index contributed by atoms with van der Waals surface area (Å²) in [6, 6.07) is 0. The molecular formula is C12H19N5O2. The number of nitrogens with one attached hydrogen (secondary N) is 1. The van der Waals surface area contributed by atoms with E-state index in [-0.39, 0.29) is 11.8 Å². The molecule has 2 rings (SSSR count). The second-order valence-electron chi connectivity index (χ2n) is 4.44. The van der Waals surface area contributed by atoms with Crippen molar-refractivity contribution in [2.75, 3.05) is 37.0 Å². The second kappa shape index (κ2) is 5.73. The molecular weight excluding hydrogens is 246 g/mol. The number of ether oxygens (including phenoxy) is 1. The number of carbonyl (C=O) groups is 1.